The van der Waals surface area contributed by atoms with Gasteiger partial charge in [0.15, 0.2) is 0 Å². The lowest BCUT2D eigenvalue weighted by atomic mass is 10.0. The Labute approximate surface area is 209 Å². The second-order valence-corrected chi connectivity index (χ2v) is 10.2. The molecule has 192 valence electrons. The van der Waals surface area contributed by atoms with Gasteiger partial charge in [-0.2, -0.15) is 13.2 Å². The Morgan fingerprint density at radius 1 is 1.03 bits per heavy atom. The first-order valence-electron chi connectivity index (χ1n) is 10.9. The third-order valence-corrected chi connectivity index (χ3v) is 6.26. The summed E-state index contributed by atoms with van der Waals surface area (Å²) in [5.41, 5.74) is -1.11. The summed E-state index contributed by atoms with van der Waals surface area (Å²) in [6.45, 7) is 6.28. The van der Waals surface area contributed by atoms with Crippen molar-refractivity contribution < 1.29 is 42.4 Å². The number of ether oxygens (including phenoxy) is 2. The third kappa shape index (κ3) is 6.57. The van der Waals surface area contributed by atoms with Gasteiger partial charge in [0.05, 0.1) is 12.0 Å². The molecule has 3 rings (SSSR count). The number of carboxylic acids is 1. The highest BCUT2D eigenvalue weighted by molar-refractivity contribution is 7.15. The second kappa shape index (κ2) is 10.2. The van der Waals surface area contributed by atoms with Gasteiger partial charge in [-0.15, -0.1) is 11.3 Å². The van der Waals surface area contributed by atoms with E-state index in [0.29, 0.717) is 11.8 Å². The van der Waals surface area contributed by atoms with Gasteiger partial charge in [0.1, 0.15) is 29.3 Å². The summed E-state index contributed by atoms with van der Waals surface area (Å²) in [5.74, 6) is -2.83. The van der Waals surface area contributed by atoms with Crippen molar-refractivity contribution in [1.82, 2.24) is 0 Å². The van der Waals surface area contributed by atoms with Crippen LogP contribution in [-0.4, -0.2) is 27.8 Å². The Balaban J connectivity index is 1.84. The fraction of sp³-hybridized carbons (Fsp3) is 0.308. The molecule has 0 saturated carbocycles. The number of alkyl halides is 3. The number of carboxylic acid groups (broad SMARTS) is 1. The molecule has 0 aliphatic carbocycles. The fourth-order valence-corrected chi connectivity index (χ4v) is 4.64. The topological polar surface area (TPSA) is 93.1 Å². The van der Waals surface area contributed by atoms with E-state index in [1.807, 2.05) is 13.0 Å². The smallest absolute Gasteiger partial charge is 0.419 e. The molecule has 6 nitrogen and oxygen atoms in total. The van der Waals surface area contributed by atoms with Gasteiger partial charge in [-0.05, 0) is 75.2 Å². The van der Waals surface area contributed by atoms with E-state index in [0.717, 1.165) is 26.9 Å². The zero-order valence-electron chi connectivity index (χ0n) is 20.0. The maximum absolute atomic E-state index is 13.3. The summed E-state index contributed by atoms with van der Waals surface area (Å²) < 4.78 is 50.8. The SMILES string of the molecule is Cc1cc(CC(=O)O)sc1-c1ccc(OCc2ccc(C(F)(F)F)c(O)c2C(=O)OC(C)(C)C)cc1. The van der Waals surface area contributed by atoms with Crippen molar-refractivity contribution in [2.45, 2.75) is 52.5 Å². The number of aromatic hydroxyl groups is 1. The number of carbonyl (C=O) groups is 2. The average Bonchev–Trinajstić information content (AvgIpc) is 3.09. The number of benzene rings is 2. The van der Waals surface area contributed by atoms with Crippen LogP contribution in [0.15, 0.2) is 42.5 Å². The van der Waals surface area contributed by atoms with Gasteiger partial charge in [0.25, 0.3) is 0 Å². The molecule has 2 aromatic carbocycles. The molecule has 1 aromatic heterocycles. The second-order valence-electron chi connectivity index (χ2n) is 9.10. The number of halogens is 3. The van der Waals surface area contributed by atoms with Crippen LogP contribution in [0.1, 0.15) is 52.7 Å². The van der Waals surface area contributed by atoms with Gasteiger partial charge in [-0.3, -0.25) is 4.79 Å². The summed E-state index contributed by atoms with van der Waals surface area (Å²) in [4.78, 5) is 25.3. The van der Waals surface area contributed by atoms with E-state index < -0.39 is 40.6 Å². The molecule has 0 unspecified atom stereocenters. The Hall–Kier alpha value is -3.53. The summed E-state index contributed by atoms with van der Waals surface area (Å²) in [6.07, 6.45) is -4.92. The number of rotatable bonds is 7. The maximum atomic E-state index is 13.3. The number of thiophene rings is 1. The number of phenolic OH excluding ortho intramolecular Hbond substituents is 1. The fourth-order valence-electron chi connectivity index (χ4n) is 3.47. The summed E-state index contributed by atoms with van der Waals surface area (Å²) in [6, 6.07) is 10.5. The van der Waals surface area contributed by atoms with E-state index in [2.05, 4.69) is 0 Å². The van der Waals surface area contributed by atoms with E-state index in [1.165, 1.54) is 11.3 Å². The lowest BCUT2D eigenvalue weighted by Gasteiger charge is -2.22. The number of carbonyl (C=O) groups excluding carboxylic acids is 1. The van der Waals surface area contributed by atoms with Crippen LogP contribution < -0.4 is 4.74 Å². The molecule has 0 aliphatic heterocycles. The van der Waals surface area contributed by atoms with Crippen molar-refractivity contribution in [1.29, 1.82) is 0 Å². The lowest BCUT2D eigenvalue weighted by Crippen LogP contribution is -2.25. The molecule has 0 fully saturated rings. The molecule has 1 heterocycles. The van der Waals surface area contributed by atoms with Gasteiger partial charge >= 0.3 is 18.1 Å². The van der Waals surface area contributed by atoms with Crippen molar-refractivity contribution in [3.05, 3.63) is 69.6 Å². The molecule has 0 atom stereocenters. The molecular formula is C26H25F3O6S. The van der Waals surface area contributed by atoms with Crippen LogP contribution >= 0.6 is 11.3 Å². The predicted molar refractivity (Wildman–Crippen MR) is 128 cm³/mol. The molecular weight excluding hydrogens is 497 g/mol. The summed E-state index contributed by atoms with van der Waals surface area (Å²) in [7, 11) is 0. The minimum Gasteiger partial charge on any atom is -0.506 e. The number of aryl methyl sites for hydroxylation is 1. The van der Waals surface area contributed by atoms with Crippen molar-refractivity contribution >= 4 is 23.3 Å². The first-order chi connectivity index (χ1) is 16.7. The van der Waals surface area contributed by atoms with Gasteiger partial charge in [-0.25, -0.2) is 4.79 Å². The van der Waals surface area contributed by atoms with Crippen LogP contribution in [0.2, 0.25) is 0 Å². The van der Waals surface area contributed by atoms with Crippen LogP contribution in [0.4, 0.5) is 13.2 Å². The van der Waals surface area contributed by atoms with Crippen LogP contribution in [0.25, 0.3) is 10.4 Å². The Kier molecular flexibility index (Phi) is 7.68. The molecule has 0 aliphatic rings. The summed E-state index contributed by atoms with van der Waals surface area (Å²) in [5, 5.41) is 19.3. The van der Waals surface area contributed by atoms with Crippen LogP contribution in [0.3, 0.4) is 0 Å². The first-order valence-corrected chi connectivity index (χ1v) is 11.7. The number of phenols is 1. The minimum absolute atomic E-state index is 0.0336. The van der Waals surface area contributed by atoms with Crippen molar-refractivity contribution in [2.75, 3.05) is 0 Å². The monoisotopic (exact) mass is 522 g/mol. The summed E-state index contributed by atoms with van der Waals surface area (Å²) >= 11 is 1.38. The van der Waals surface area contributed by atoms with E-state index in [-0.39, 0.29) is 18.6 Å². The van der Waals surface area contributed by atoms with E-state index in [1.54, 1.807) is 45.0 Å². The Bertz CT molecular complexity index is 1270. The van der Waals surface area contributed by atoms with Gasteiger partial charge < -0.3 is 19.7 Å². The first kappa shape index (κ1) is 27.1. The molecule has 36 heavy (non-hydrogen) atoms. The lowest BCUT2D eigenvalue weighted by molar-refractivity contribution is -0.139. The van der Waals surface area contributed by atoms with Gasteiger partial charge in [0.2, 0.25) is 0 Å². The van der Waals surface area contributed by atoms with Crippen LogP contribution in [0.5, 0.6) is 11.5 Å². The largest absolute Gasteiger partial charge is 0.506 e. The predicted octanol–water partition coefficient (Wildman–Crippen LogP) is 6.61. The molecule has 2 N–H and O–H groups in total. The van der Waals surface area contributed by atoms with E-state index in [4.69, 9.17) is 14.6 Å². The minimum atomic E-state index is -4.86. The zero-order valence-corrected chi connectivity index (χ0v) is 20.8. The van der Waals surface area contributed by atoms with Gasteiger partial charge in [0, 0.05) is 15.3 Å². The van der Waals surface area contributed by atoms with Crippen LogP contribution in [0, 0.1) is 6.92 Å². The quantitative estimate of drug-likeness (QED) is 0.339. The average molecular weight is 523 g/mol. The molecule has 3 aromatic rings. The highest BCUT2D eigenvalue weighted by atomic mass is 32.1. The van der Waals surface area contributed by atoms with Gasteiger partial charge in [-0.1, -0.05) is 6.07 Å². The zero-order chi connectivity index (χ0) is 26.8. The number of hydrogen-bond acceptors (Lipinski definition) is 6. The molecule has 0 radical (unpaired) electrons. The third-order valence-electron chi connectivity index (χ3n) is 4.98. The van der Waals surface area contributed by atoms with Crippen molar-refractivity contribution in [3.63, 3.8) is 0 Å². The van der Waals surface area contributed by atoms with Crippen molar-refractivity contribution in [2.24, 2.45) is 0 Å². The number of aliphatic carboxylic acids is 1. The highest BCUT2D eigenvalue weighted by Crippen LogP contribution is 2.40. The van der Waals surface area contributed by atoms with Crippen LogP contribution in [-0.2, 0) is 28.7 Å². The molecule has 10 heteroatoms. The number of esters is 1. The molecule has 0 bridgehead atoms. The van der Waals surface area contributed by atoms with E-state index >= 15 is 0 Å². The Morgan fingerprint density at radius 2 is 1.67 bits per heavy atom. The highest BCUT2D eigenvalue weighted by Gasteiger charge is 2.37. The Morgan fingerprint density at radius 3 is 2.22 bits per heavy atom. The van der Waals surface area contributed by atoms with E-state index in [9.17, 15) is 27.9 Å². The molecule has 0 amide bonds. The standard InChI is InChI=1S/C26H25F3O6S/c1-14-11-18(12-20(30)31)36-23(14)15-5-8-17(9-6-15)34-13-16-7-10-19(26(27,28)29)22(32)21(16)24(33)35-25(2,3)4/h5-11,32H,12-13H2,1-4H3,(H,30,31). The molecule has 0 saturated heterocycles. The maximum Gasteiger partial charge on any atom is 0.419 e. The molecule has 0 spiro atoms. The number of hydrogen-bond donors (Lipinski definition) is 2. The normalized spacial score (nSPS) is 11.9. The van der Waals surface area contributed by atoms with Crippen molar-refractivity contribution in [3.8, 4) is 21.9 Å².